The number of hydrogen-bond donors (Lipinski definition) is 0. The van der Waals surface area contributed by atoms with Gasteiger partial charge in [0.25, 0.3) is 0 Å². The molecule has 0 bridgehead atoms. The maximum atomic E-state index is 5.15. The molecule has 2 aromatic rings. The van der Waals surface area contributed by atoms with E-state index in [0.29, 0.717) is 6.61 Å². The predicted molar refractivity (Wildman–Crippen MR) is 75.6 cm³/mol. The Labute approximate surface area is 116 Å². The van der Waals surface area contributed by atoms with E-state index in [1.165, 1.54) is 0 Å². The van der Waals surface area contributed by atoms with Crippen LogP contribution in [0.5, 0.6) is 5.75 Å². The van der Waals surface area contributed by atoms with Crippen LogP contribution in [0, 0.1) is 0 Å². The van der Waals surface area contributed by atoms with Crippen molar-refractivity contribution in [1.29, 1.82) is 0 Å². The molecule has 0 amide bonds. The summed E-state index contributed by atoms with van der Waals surface area (Å²) in [6.45, 7) is 0.704. The molecule has 0 unspecified atom stereocenters. The van der Waals surface area contributed by atoms with Crippen LogP contribution >= 0.6 is 11.8 Å². The molecule has 0 atom stereocenters. The van der Waals surface area contributed by atoms with Crippen LogP contribution in [0.2, 0.25) is 0 Å². The quantitative estimate of drug-likeness (QED) is 0.599. The molecule has 0 aliphatic rings. The Balaban J connectivity index is 2.15. The van der Waals surface area contributed by atoms with Gasteiger partial charge in [-0.05, 0) is 24.3 Å². The number of ether oxygens (including phenoxy) is 2. The molecule has 6 heteroatoms. The van der Waals surface area contributed by atoms with Crippen molar-refractivity contribution in [2.45, 2.75) is 5.16 Å². The van der Waals surface area contributed by atoms with Crippen LogP contribution in [0.4, 0.5) is 0 Å². The maximum Gasteiger partial charge on any atom is 0.191 e. The molecule has 1 aromatic heterocycles. The predicted octanol–water partition coefficient (Wildman–Crippen LogP) is 2.23. The summed E-state index contributed by atoms with van der Waals surface area (Å²) >= 11 is 1.63. The van der Waals surface area contributed by atoms with E-state index in [-0.39, 0.29) is 0 Å². The van der Waals surface area contributed by atoms with Gasteiger partial charge >= 0.3 is 0 Å². The molecule has 2 rings (SSSR count). The average molecular weight is 279 g/mol. The zero-order valence-electron chi connectivity index (χ0n) is 11.3. The lowest BCUT2D eigenvalue weighted by Crippen LogP contribution is -1.97. The van der Waals surface area contributed by atoms with Crippen LogP contribution in [0.15, 0.2) is 29.4 Å². The van der Waals surface area contributed by atoms with Crippen molar-refractivity contribution in [3.05, 3.63) is 24.3 Å². The van der Waals surface area contributed by atoms with Crippen LogP contribution in [0.25, 0.3) is 11.4 Å². The van der Waals surface area contributed by atoms with Gasteiger partial charge < -0.3 is 14.0 Å². The minimum Gasteiger partial charge on any atom is -0.497 e. The molecule has 1 aromatic carbocycles. The molecule has 102 valence electrons. The molecule has 0 aliphatic heterocycles. The highest BCUT2D eigenvalue weighted by atomic mass is 32.2. The number of thioether (sulfide) groups is 1. The van der Waals surface area contributed by atoms with Crippen LogP contribution in [0.3, 0.4) is 0 Å². The second kappa shape index (κ2) is 6.58. The van der Waals surface area contributed by atoms with Crippen LogP contribution in [0.1, 0.15) is 0 Å². The zero-order valence-corrected chi connectivity index (χ0v) is 12.1. The normalized spacial score (nSPS) is 10.7. The van der Waals surface area contributed by atoms with Gasteiger partial charge in [0.2, 0.25) is 0 Å². The smallest absolute Gasteiger partial charge is 0.191 e. The van der Waals surface area contributed by atoms with Gasteiger partial charge in [-0.1, -0.05) is 11.8 Å². The summed E-state index contributed by atoms with van der Waals surface area (Å²) in [7, 11) is 5.32. The monoisotopic (exact) mass is 279 g/mol. The minimum absolute atomic E-state index is 0.704. The minimum atomic E-state index is 0.704. The molecule has 0 aliphatic carbocycles. The van der Waals surface area contributed by atoms with Crippen LogP contribution in [-0.4, -0.2) is 41.3 Å². The summed E-state index contributed by atoms with van der Waals surface area (Å²) < 4.78 is 12.2. The fraction of sp³-hybridized carbons (Fsp3) is 0.385. The summed E-state index contributed by atoms with van der Waals surface area (Å²) in [5, 5.41) is 9.32. The maximum absolute atomic E-state index is 5.15. The second-order valence-corrected chi connectivity index (χ2v) is 5.00. The number of nitrogens with zero attached hydrogens (tertiary/aromatic N) is 3. The van der Waals surface area contributed by atoms with Gasteiger partial charge in [0.05, 0.1) is 13.7 Å². The molecule has 0 saturated heterocycles. The number of rotatable bonds is 6. The summed E-state index contributed by atoms with van der Waals surface area (Å²) in [5.41, 5.74) is 1.02. The Morgan fingerprint density at radius 3 is 2.53 bits per heavy atom. The van der Waals surface area contributed by atoms with Crippen molar-refractivity contribution in [3.63, 3.8) is 0 Å². The molecular weight excluding hydrogens is 262 g/mol. The Hall–Kier alpha value is -1.53. The molecule has 0 radical (unpaired) electrons. The first-order valence-corrected chi connectivity index (χ1v) is 6.90. The third kappa shape index (κ3) is 3.27. The van der Waals surface area contributed by atoms with Crippen LogP contribution < -0.4 is 4.74 Å². The third-order valence-corrected chi connectivity index (χ3v) is 3.69. The zero-order chi connectivity index (χ0) is 13.7. The third-order valence-electron chi connectivity index (χ3n) is 2.70. The summed E-state index contributed by atoms with van der Waals surface area (Å²) in [4.78, 5) is 0. The van der Waals surface area contributed by atoms with Crippen molar-refractivity contribution in [2.24, 2.45) is 7.05 Å². The lowest BCUT2D eigenvalue weighted by atomic mass is 10.2. The van der Waals surface area contributed by atoms with E-state index in [1.807, 2.05) is 35.9 Å². The van der Waals surface area contributed by atoms with E-state index in [2.05, 4.69) is 10.2 Å². The molecule has 19 heavy (non-hydrogen) atoms. The van der Waals surface area contributed by atoms with Gasteiger partial charge in [-0.15, -0.1) is 10.2 Å². The number of benzene rings is 1. The summed E-state index contributed by atoms with van der Waals surface area (Å²) in [6, 6.07) is 7.79. The highest BCUT2D eigenvalue weighted by molar-refractivity contribution is 7.99. The highest BCUT2D eigenvalue weighted by Crippen LogP contribution is 2.24. The molecular formula is C13H17N3O2S. The Morgan fingerprint density at radius 1 is 1.16 bits per heavy atom. The Kier molecular flexibility index (Phi) is 4.81. The molecule has 0 fully saturated rings. The number of hydrogen-bond acceptors (Lipinski definition) is 5. The van der Waals surface area contributed by atoms with Gasteiger partial charge in [-0.3, -0.25) is 0 Å². The van der Waals surface area contributed by atoms with Crippen molar-refractivity contribution in [2.75, 3.05) is 26.6 Å². The van der Waals surface area contributed by atoms with E-state index < -0.39 is 0 Å². The van der Waals surface area contributed by atoms with Crippen molar-refractivity contribution >= 4 is 11.8 Å². The topological polar surface area (TPSA) is 49.2 Å². The molecule has 0 N–H and O–H groups in total. The highest BCUT2D eigenvalue weighted by Gasteiger charge is 2.10. The van der Waals surface area contributed by atoms with E-state index in [0.717, 1.165) is 28.0 Å². The van der Waals surface area contributed by atoms with Gasteiger partial charge in [-0.25, -0.2) is 0 Å². The largest absolute Gasteiger partial charge is 0.497 e. The summed E-state index contributed by atoms with van der Waals surface area (Å²) in [6.07, 6.45) is 0. The number of aromatic nitrogens is 3. The molecule has 0 spiro atoms. The Morgan fingerprint density at radius 2 is 1.89 bits per heavy atom. The van der Waals surface area contributed by atoms with E-state index in [9.17, 15) is 0 Å². The SMILES string of the molecule is COCCSc1nnc(-c2ccc(OC)cc2)n1C. The van der Waals surface area contributed by atoms with Crippen LogP contribution in [-0.2, 0) is 11.8 Å². The summed E-state index contributed by atoms with van der Waals surface area (Å²) in [5.74, 6) is 2.55. The lowest BCUT2D eigenvalue weighted by Gasteiger charge is -2.04. The fourth-order valence-electron chi connectivity index (χ4n) is 1.65. The first-order chi connectivity index (χ1) is 9.26. The first-order valence-electron chi connectivity index (χ1n) is 5.92. The fourth-order valence-corrected chi connectivity index (χ4v) is 2.46. The van der Waals surface area contributed by atoms with E-state index in [1.54, 1.807) is 26.0 Å². The van der Waals surface area contributed by atoms with Crippen molar-refractivity contribution in [3.8, 4) is 17.1 Å². The lowest BCUT2D eigenvalue weighted by molar-refractivity contribution is 0.218. The van der Waals surface area contributed by atoms with Gasteiger partial charge in [0, 0.05) is 25.5 Å². The van der Waals surface area contributed by atoms with E-state index in [4.69, 9.17) is 9.47 Å². The number of methoxy groups -OCH3 is 2. The van der Waals surface area contributed by atoms with Crippen molar-refractivity contribution < 1.29 is 9.47 Å². The van der Waals surface area contributed by atoms with Crippen molar-refractivity contribution in [1.82, 2.24) is 14.8 Å². The first kappa shape index (κ1) is 13.9. The van der Waals surface area contributed by atoms with Gasteiger partial charge in [0.1, 0.15) is 5.75 Å². The molecule has 1 heterocycles. The standard InChI is InChI=1S/C13H17N3O2S/c1-16-12(10-4-6-11(18-3)7-5-10)14-15-13(16)19-9-8-17-2/h4-7H,8-9H2,1-3H3. The average Bonchev–Trinajstić information content (AvgIpc) is 2.81. The second-order valence-electron chi connectivity index (χ2n) is 3.93. The van der Waals surface area contributed by atoms with Gasteiger partial charge in [0.15, 0.2) is 11.0 Å². The molecule has 0 saturated carbocycles. The van der Waals surface area contributed by atoms with Gasteiger partial charge in [-0.2, -0.15) is 0 Å². The van der Waals surface area contributed by atoms with E-state index >= 15 is 0 Å². The Bertz CT molecular complexity index is 525. The molecule has 5 nitrogen and oxygen atoms in total.